The maximum absolute atomic E-state index is 12.2. The fourth-order valence-electron chi connectivity index (χ4n) is 2.35. The molecular formula is C21H25ClN2O4. The van der Waals surface area contributed by atoms with Gasteiger partial charge >= 0.3 is 0 Å². The summed E-state index contributed by atoms with van der Waals surface area (Å²) in [5.41, 5.74) is 3.64. The van der Waals surface area contributed by atoms with Crippen LogP contribution >= 0.6 is 11.6 Å². The number of ether oxygens (including phenoxy) is 3. The molecule has 7 heteroatoms. The molecule has 0 spiro atoms. The summed E-state index contributed by atoms with van der Waals surface area (Å²) in [5.74, 6) is 1.39. The maximum Gasteiger partial charge on any atom is 0.271 e. The molecule has 2 rings (SSSR count). The summed E-state index contributed by atoms with van der Waals surface area (Å²) in [6, 6.07) is 10.3. The first-order valence-electron chi connectivity index (χ1n) is 9.05. The zero-order chi connectivity index (χ0) is 20.5. The number of rotatable bonds is 9. The van der Waals surface area contributed by atoms with E-state index in [2.05, 4.69) is 10.5 Å². The molecule has 0 radical (unpaired) electrons. The highest BCUT2D eigenvalue weighted by molar-refractivity contribution is 6.32. The summed E-state index contributed by atoms with van der Waals surface area (Å²) in [7, 11) is 1.54. The Morgan fingerprint density at radius 3 is 2.57 bits per heavy atom. The molecule has 0 aromatic heterocycles. The van der Waals surface area contributed by atoms with Crippen LogP contribution in [0.1, 0.15) is 43.1 Å². The SMILES string of the molecule is CCCOc1c(Cl)cc(/C=N\NC(=O)c2ccc(OC(C)C)cc2)cc1OC. The van der Waals surface area contributed by atoms with Crippen molar-refractivity contribution in [1.82, 2.24) is 5.43 Å². The molecule has 1 N–H and O–H groups in total. The summed E-state index contributed by atoms with van der Waals surface area (Å²) >= 11 is 6.27. The Labute approximate surface area is 170 Å². The lowest BCUT2D eigenvalue weighted by Crippen LogP contribution is -2.17. The van der Waals surface area contributed by atoms with Crippen LogP contribution in [0.4, 0.5) is 0 Å². The number of nitrogens with zero attached hydrogens (tertiary/aromatic N) is 1. The predicted octanol–water partition coefficient (Wildman–Crippen LogP) is 4.69. The monoisotopic (exact) mass is 404 g/mol. The number of carbonyl (C=O) groups is 1. The number of hydrogen-bond acceptors (Lipinski definition) is 5. The van der Waals surface area contributed by atoms with Crippen LogP contribution in [0.25, 0.3) is 0 Å². The largest absolute Gasteiger partial charge is 0.493 e. The molecule has 0 aliphatic carbocycles. The predicted molar refractivity (Wildman–Crippen MR) is 111 cm³/mol. The first-order valence-corrected chi connectivity index (χ1v) is 9.42. The van der Waals surface area contributed by atoms with Crippen molar-refractivity contribution in [3.05, 3.63) is 52.5 Å². The zero-order valence-electron chi connectivity index (χ0n) is 16.5. The summed E-state index contributed by atoms with van der Waals surface area (Å²) in [6.45, 7) is 6.44. The van der Waals surface area contributed by atoms with Crippen LogP contribution in [0.5, 0.6) is 17.2 Å². The first-order chi connectivity index (χ1) is 13.4. The lowest BCUT2D eigenvalue weighted by atomic mass is 10.2. The lowest BCUT2D eigenvalue weighted by Gasteiger charge is -2.12. The Morgan fingerprint density at radius 2 is 1.96 bits per heavy atom. The molecule has 0 aliphatic heterocycles. The number of hydrogen-bond donors (Lipinski definition) is 1. The van der Waals surface area contributed by atoms with Gasteiger partial charge in [0.1, 0.15) is 5.75 Å². The molecule has 6 nitrogen and oxygen atoms in total. The Kier molecular flexibility index (Phi) is 8.14. The van der Waals surface area contributed by atoms with Crippen LogP contribution in [0.2, 0.25) is 5.02 Å². The molecular weight excluding hydrogens is 380 g/mol. The van der Waals surface area contributed by atoms with Gasteiger partial charge in [-0.05, 0) is 62.2 Å². The van der Waals surface area contributed by atoms with E-state index in [4.69, 9.17) is 25.8 Å². The Balaban J connectivity index is 2.03. The van der Waals surface area contributed by atoms with E-state index in [0.29, 0.717) is 40.0 Å². The van der Waals surface area contributed by atoms with Gasteiger partial charge in [-0.1, -0.05) is 18.5 Å². The third kappa shape index (κ3) is 6.16. The third-order valence-electron chi connectivity index (χ3n) is 3.57. The molecule has 0 saturated carbocycles. The minimum absolute atomic E-state index is 0.0758. The minimum Gasteiger partial charge on any atom is -0.493 e. The van der Waals surface area contributed by atoms with Crippen LogP contribution in [-0.2, 0) is 0 Å². The van der Waals surface area contributed by atoms with E-state index in [1.54, 1.807) is 43.5 Å². The number of methoxy groups -OCH3 is 1. The third-order valence-corrected chi connectivity index (χ3v) is 3.85. The second-order valence-corrected chi connectivity index (χ2v) is 6.68. The van der Waals surface area contributed by atoms with Gasteiger partial charge in [0.25, 0.3) is 5.91 Å². The highest BCUT2D eigenvalue weighted by atomic mass is 35.5. The molecule has 0 unspecified atom stereocenters. The summed E-state index contributed by atoms with van der Waals surface area (Å²) < 4.78 is 16.5. The Bertz CT molecular complexity index is 820. The standard InChI is InChI=1S/C21H25ClN2O4/c1-5-10-27-20-18(22)11-15(12-19(20)26-4)13-23-24-21(25)16-6-8-17(9-7-16)28-14(2)3/h6-9,11-14H,5,10H2,1-4H3,(H,24,25)/b23-13-. The second-order valence-electron chi connectivity index (χ2n) is 6.27. The van der Waals surface area contributed by atoms with Crippen LogP contribution in [-0.4, -0.2) is 31.9 Å². The second kappa shape index (κ2) is 10.6. The number of halogens is 1. The van der Waals surface area contributed by atoms with Gasteiger partial charge in [-0.2, -0.15) is 5.10 Å². The molecule has 0 fully saturated rings. The number of amides is 1. The van der Waals surface area contributed by atoms with Gasteiger partial charge in [0, 0.05) is 5.56 Å². The topological polar surface area (TPSA) is 69.2 Å². The van der Waals surface area contributed by atoms with E-state index in [9.17, 15) is 4.79 Å². The number of carbonyl (C=O) groups excluding carboxylic acids is 1. The summed E-state index contributed by atoms with van der Waals surface area (Å²) in [6.07, 6.45) is 2.43. The highest BCUT2D eigenvalue weighted by Gasteiger charge is 2.11. The van der Waals surface area contributed by atoms with Crippen molar-refractivity contribution >= 4 is 23.7 Å². The first kappa shape index (κ1) is 21.6. The molecule has 0 heterocycles. The van der Waals surface area contributed by atoms with Gasteiger partial charge in [-0.3, -0.25) is 4.79 Å². The van der Waals surface area contributed by atoms with E-state index < -0.39 is 0 Å². The fourth-order valence-corrected chi connectivity index (χ4v) is 2.62. The number of hydrazone groups is 1. The normalized spacial score (nSPS) is 10.9. The van der Waals surface area contributed by atoms with Gasteiger partial charge in [0.15, 0.2) is 11.5 Å². The van der Waals surface area contributed by atoms with Crippen LogP contribution < -0.4 is 19.6 Å². The van der Waals surface area contributed by atoms with Crippen molar-refractivity contribution in [2.75, 3.05) is 13.7 Å². The Morgan fingerprint density at radius 1 is 1.25 bits per heavy atom. The van der Waals surface area contributed by atoms with Crippen molar-refractivity contribution < 1.29 is 19.0 Å². The van der Waals surface area contributed by atoms with E-state index in [1.807, 2.05) is 20.8 Å². The molecule has 28 heavy (non-hydrogen) atoms. The average molecular weight is 405 g/mol. The molecule has 0 aliphatic rings. The van der Waals surface area contributed by atoms with E-state index in [-0.39, 0.29) is 12.0 Å². The maximum atomic E-state index is 12.2. The van der Waals surface area contributed by atoms with Crippen LogP contribution in [0, 0.1) is 0 Å². The molecule has 2 aromatic carbocycles. The minimum atomic E-state index is -0.326. The summed E-state index contributed by atoms with van der Waals surface area (Å²) in [5, 5.41) is 4.40. The fraction of sp³-hybridized carbons (Fsp3) is 0.333. The van der Waals surface area contributed by atoms with Gasteiger partial charge < -0.3 is 14.2 Å². The van der Waals surface area contributed by atoms with Gasteiger partial charge in [0.2, 0.25) is 0 Å². The van der Waals surface area contributed by atoms with Crippen molar-refractivity contribution in [1.29, 1.82) is 0 Å². The zero-order valence-corrected chi connectivity index (χ0v) is 17.2. The van der Waals surface area contributed by atoms with Gasteiger partial charge in [0.05, 0.1) is 31.1 Å². The van der Waals surface area contributed by atoms with Crippen molar-refractivity contribution in [3.63, 3.8) is 0 Å². The van der Waals surface area contributed by atoms with Crippen molar-refractivity contribution in [3.8, 4) is 17.2 Å². The quantitative estimate of drug-likeness (QED) is 0.486. The molecule has 2 aromatic rings. The molecule has 150 valence electrons. The summed E-state index contributed by atoms with van der Waals surface area (Å²) in [4.78, 5) is 12.2. The van der Waals surface area contributed by atoms with Crippen LogP contribution in [0.3, 0.4) is 0 Å². The molecule has 0 atom stereocenters. The Hall–Kier alpha value is -2.73. The molecule has 0 bridgehead atoms. The molecule has 1 amide bonds. The number of nitrogens with one attached hydrogen (secondary N) is 1. The average Bonchev–Trinajstić information content (AvgIpc) is 2.66. The number of benzene rings is 2. The van der Waals surface area contributed by atoms with E-state index in [1.165, 1.54) is 6.21 Å². The van der Waals surface area contributed by atoms with E-state index in [0.717, 1.165) is 6.42 Å². The van der Waals surface area contributed by atoms with Crippen molar-refractivity contribution in [2.45, 2.75) is 33.3 Å². The van der Waals surface area contributed by atoms with Crippen molar-refractivity contribution in [2.24, 2.45) is 5.10 Å². The smallest absolute Gasteiger partial charge is 0.271 e. The van der Waals surface area contributed by atoms with Gasteiger partial charge in [-0.25, -0.2) is 5.43 Å². The van der Waals surface area contributed by atoms with Gasteiger partial charge in [-0.15, -0.1) is 0 Å². The van der Waals surface area contributed by atoms with Crippen LogP contribution in [0.15, 0.2) is 41.5 Å². The highest BCUT2D eigenvalue weighted by Crippen LogP contribution is 2.36. The lowest BCUT2D eigenvalue weighted by molar-refractivity contribution is 0.0955. The van der Waals surface area contributed by atoms with E-state index >= 15 is 0 Å². The molecule has 0 saturated heterocycles.